The molecule has 0 saturated carbocycles. The molecule has 0 unspecified atom stereocenters. The summed E-state index contributed by atoms with van der Waals surface area (Å²) in [7, 11) is 0. The Bertz CT molecular complexity index is 410. The first-order valence-electron chi connectivity index (χ1n) is 3.51. The molecule has 0 aliphatic heterocycles. The zero-order valence-corrected chi connectivity index (χ0v) is 7.84. The minimum absolute atomic E-state index is 0.612. The fraction of sp³-hybridized carbons (Fsp3) is 0.125. The van der Waals surface area contributed by atoms with Gasteiger partial charge in [0, 0.05) is 0 Å². The van der Waals surface area contributed by atoms with Crippen molar-refractivity contribution in [2.75, 3.05) is 5.73 Å². The summed E-state index contributed by atoms with van der Waals surface area (Å²) in [5, 5.41) is 0.612. The number of hydrogen-bond acceptors (Lipinski definition) is 3. The molecule has 0 atom stereocenters. The maximum absolute atomic E-state index is 5.69. The number of rotatable bonds is 1. The van der Waals surface area contributed by atoms with Crippen LogP contribution in [0.2, 0.25) is 0 Å². The van der Waals surface area contributed by atoms with Crippen LogP contribution < -0.4 is 5.73 Å². The molecule has 0 aliphatic rings. The minimum Gasteiger partial charge on any atom is -0.440 e. The number of oxazole rings is 1. The van der Waals surface area contributed by atoms with Crippen LogP contribution in [0, 0.1) is 0 Å². The molecule has 2 N–H and O–H groups in total. The van der Waals surface area contributed by atoms with E-state index in [0.29, 0.717) is 16.9 Å². The van der Waals surface area contributed by atoms with Gasteiger partial charge in [-0.1, -0.05) is 22.0 Å². The summed E-state index contributed by atoms with van der Waals surface area (Å²) in [4.78, 5) is 4.19. The van der Waals surface area contributed by atoms with Crippen molar-refractivity contribution >= 4 is 32.7 Å². The second-order valence-electron chi connectivity index (χ2n) is 2.44. The average molecular weight is 227 g/mol. The Balaban J connectivity index is 2.74. The van der Waals surface area contributed by atoms with E-state index in [-0.39, 0.29) is 0 Å². The number of benzene rings is 1. The van der Waals surface area contributed by atoms with Gasteiger partial charge in [0.05, 0.1) is 11.0 Å². The third kappa shape index (κ3) is 1.08. The number of anilines is 1. The van der Waals surface area contributed by atoms with Crippen molar-refractivity contribution < 1.29 is 4.42 Å². The van der Waals surface area contributed by atoms with Crippen molar-refractivity contribution in [2.24, 2.45) is 0 Å². The smallest absolute Gasteiger partial charge is 0.206 e. The summed E-state index contributed by atoms with van der Waals surface area (Å²) < 4.78 is 5.36. The van der Waals surface area contributed by atoms with Crippen molar-refractivity contribution in [2.45, 2.75) is 5.33 Å². The number of nitrogen functional groups attached to an aromatic ring is 1. The van der Waals surface area contributed by atoms with Gasteiger partial charge >= 0.3 is 0 Å². The number of halogens is 1. The van der Waals surface area contributed by atoms with Crippen LogP contribution in [-0.2, 0) is 5.33 Å². The van der Waals surface area contributed by atoms with Gasteiger partial charge in [-0.25, -0.2) is 4.98 Å². The Morgan fingerprint density at radius 1 is 1.50 bits per heavy atom. The summed E-state index contributed by atoms with van der Waals surface area (Å²) in [6.07, 6.45) is 0. The average Bonchev–Trinajstić information content (AvgIpc) is 2.49. The SMILES string of the molecule is Nc1cccc2oc(CBr)nc12. The zero-order chi connectivity index (χ0) is 8.55. The third-order valence-electron chi connectivity index (χ3n) is 1.61. The zero-order valence-electron chi connectivity index (χ0n) is 6.25. The molecule has 3 nitrogen and oxygen atoms in total. The summed E-state index contributed by atoms with van der Waals surface area (Å²) >= 11 is 3.26. The molecular formula is C8H7BrN2O. The lowest BCUT2D eigenvalue weighted by Gasteiger charge is -1.89. The molecule has 0 aliphatic carbocycles. The van der Waals surface area contributed by atoms with Gasteiger partial charge in [0.25, 0.3) is 0 Å². The predicted octanol–water partition coefficient (Wildman–Crippen LogP) is 2.30. The van der Waals surface area contributed by atoms with Gasteiger partial charge in [-0.05, 0) is 12.1 Å². The summed E-state index contributed by atoms with van der Waals surface area (Å²) in [6.45, 7) is 0. The first kappa shape index (κ1) is 7.61. The standard InChI is InChI=1S/C8H7BrN2O/c9-4-7-11-8-5(10)2-1-3-6(8)12-7/h1-3H,4,10H2. The molecule has 4 heteroatoms. The second kappa shape index (κ2) is 2.79. The van der Waals surface area contributed by atoms with Crippen LogP contribution in [0.25, 0.3) is 11.1 Å². The van der Waals surface area contributed by atoms with Gasteiger partial charge < -0.3 is 10.2 Å². The fourth-order valence-electron chi connectivity index (χ4n) is 1.07. The number of nitrogens with two attached hydrogens (primary N) is 1. The number of hydrogen-bond donors (Lipinski definition) is 1. The van der Waals surface area contributed by atoms with E-state index in [4.69, 9.17) is 10.2 Å². The molecule has 0 radical (unpaired) electrons. The van der Waals surface area contributed by atoms with E-state index in [1.165, 1.54) is 0 Å². The minimum atomic E-state index is 0.612. The van der Waals surface area contributed by atoms with Crippen LogP contribution >= 0.6 is 15.9 Å². The number of aromatic nitrogens is 1. The number of fused-ring (bicyclic) bond motifs is 1. The maximum atomic E-state index is 5.69. The maximum Gasteiger partial charge on any atom is 0.206 e. The van der Waals surface area contributed by atoms with E-state index in [9.17, 15) is 0 Å². The van der Waals surface area contributed by atoms with Crippen molar-refractivity contribution in [3.63, 3.8) is 0 Å². The molecule has 0 saturated heterocycles. The highest BCUT2D eigenvalue weighted by Crippen LogP contribution is 2.21. The highest BCUT2D eigenvalue weighted by atomic mass is 79.9. The Kier molecular flexibility index (Phi) is 1.77. The lowest BCUT2D eigenvalue weighted by molar-refractivity contribution is 0.557. The van der Waals surface area contributed by atoms with Crippen molar-refractivity contribution in [1.82, 2.24) is 4.98 Å². The Hall–Kier alpha value is -1.03. The summed E-state index contributed by atoms with van der Waals surface area (Å²) in [6, 6.07) is 5.51. The monoisotopic (exact) mass is 226 g/mol. The lowest BCUT2D eigenvalue weighted by Crippen LogP contribution is -1.85. The fourth-order valence-corrected chi connectivity index (χ4v) is 1.31. The molecule has 2 rings (SSSR count). The number of alkyl halides is 1. The Labute approximate surface area is 77.7 Å². The molecule has 1 aromatic carbocycles. The molecule has 1 heterocycles. The van der Waals surface area contributed by atoms with Gasteiger partial charge in [-0.3, -0.25) is 0 Å². The quantitative estimate of drug-likeness (QED) is 0.600. The van der Waals surface area contributed by atoms with E-state index < -0.39 is 0 Å². The lowest BCUT2D eigenvalue weighted by atomic mass is 10.3. The molecule has 12 heavy (non-hydrogen) atoms. The van der Waals surface area contributed by atoms with E-state index in [1.54, 1.807) is 0 Å². The molecule has 0 spiro atoms. The van der Waals surface area contributed by atoms with Crippen LogP contribution in [0.5, 0.6) is 0 Å². The normalized spacial score (nSPS) is 10.8. The number of para-hydroxylation sites is 1. The van der Waals surface area contributed by atoms with Gasteiger partial charge in [0.1, 0.15) is 5.52 Å². The molecule has 0 bridgehead atoms. The summed E-state index contributed by atoms with van der Waals surface area (Å²) in [5.41, 5.74) is 7.83. The van der Waals surface area contributed by atoms with Crippen molar-refractivity contribution in [3.05, 3.63) is 24.1 Å². The van der Waals surface area contributed by atoms with E-state index in [2.05, 4.69) is 20.9 Å². The van der Waals surface area contributed by atoms with Crippen molar-refractivity contribution in [3.8, 4) is 0 Å². The Morgan fingerprint density at radius 2 is 2.33 bits per heavy atom. The van der Waals surface area contributed by atoms with E-state index in [1.807, 2.05) is 18.2 Å². The van der Waals surface area contributed by atoms with Crippen LogP contribution in [0.3, 0.4) is 0 Å². The van der Waals surface area contributed by atoms with Crippen LogP contribution in [-0.4, -0.2) is 4.98 Å². The van der Waals surface area contributed by atoms with Gasteiger partial charge in [0.2, 0.25) is 5.89 Å². The topological polar surface area (TPSA) is 52.0 Å². The first-order chi connectivity index (χ1) is 5.81. The predicted molar refractivity (Wildman–Crippen MR) is 51.1 cm³/mol. The highest BCUT2D eigenvalue weighted by molar-refractivity contribution is 9.08. The molecule has 1 aromatic heterocycles. The van der Waals surface area contributed by atoms with Gasteiger partial charge in [-0.2, -0.15) is 0 Å². The van der Waals surface area contributed by atoms with Gasteiger partial charge in [0.15, 0.2) is 5.58 Å². The third-order valence-corrected chi connectivity index (χ3v) is 2.09. The Morgan fingerprint density at radius 3 is 3.00 bits per heavy atom. The summed E-state index contributed by atoms with van der Waals surface area (Å²) in [5.74, 6) is 0.655. The van der Waals surface area contributed by atoms with E-state index >= 15 is 0 Å². The molecule has 62 valence electrons. The molecule has 0 amide bonds. The molecule has 2 aromatic rings. The van der Waals surface area contributed by atoms with Gasteiger partial charge in [-0.15, -0.1) is 0 Å². The van der Waals surface area contributed by atoms with Crippen LogP contribution in [0.4, 0.5) is 5.69 Å². The van der Waals surface area contributed by atoms with Crippen molar-refractivity contribution in [1.29, 1.82) is 0 Å². The largest absolute Gasteiger partial charge is 0.440 e. The molecular weight excluding hydrogens is 220 g/mol. The molecule has 0 fully saturated rings. The first-order valence-corrected chi connectivity index (χ1v) is 4.63. The van der Waals surface area contributed by atoms with Crippen LogP contribution in [0.1, 0.15) is 5.89 Å². The highest BCUT2D eigenvalue weighted by Gasteiger charge is 2.05. The number of nitrogens with zero attached hydrogens (tertiary/aromatic N) is 1. The van der Waals surface area contributed by atoms with E-state index in [0.717, 1.165) is 11.1 Å². The van der Waals surface area contributed by atoms with Crippen LogP contribution in [0.15, 0.2) is 22.6 Å². The second-order valence-corrected chi connectivity index (χ2v) is 3.00.